The molecule has 0 bridgehead atoms. The molecule has 1 aliphatic rings. The molecule has 0 amide bonds. The molecule has 35 heavy (non-hydrogen) atoms. The third kappa shape index (κ3) is 4.88. The number of benzene rings is 2. The Morgan fingerprint density at radius 1 is 0.886 bits per heavy atom. The predicted octanol–water partition coefficient (Wildman–Crippen LogP) is 3.59. The van der Waals surface area contributed by atoms with Crippen LogP contribution in [0.25, 0.3) is 0 Å². The summed E-state index contributed by atoms with van der Waals surface area (Å²) in [6, 6.07) is 16.8. The monoisotopic (exact) mass is 475 g/mol. The lowest BCUT2D eigenvalue weighted by atomic mass is 9.89. The quantitative estimate of drug-likeness (QED) is 0.506. The van der Waals surface area contributed by atoms with Crippen molar-refractivity contribution >= 4 is 17.6 Å². The fourth-order valence-corrected chi connectivity index (χ4v) is 4.78. The van der Waals surface area contributed by atoms with Crippen LogP contribution in [0.4, 0.5) is 0 Å². The van der Waals surface area contributed by atoms with Crippen LogP contribution in [0.3, 0.4) is 0 Å². The summed E-state index contributed by atoms with van der Waals surface area (Å²) in [4.78, 5) is 53.7. The maximum absolute atomic E-state index is 13.6. The lowest BCUT2D eigenvalue weighted by Crippen LogP contribution is -2.35. The highest BCUT2D eigenvalue weighted by Gasteiger charge is 2.31. The highest BCUT2D eigenvalue weighted by Crippen LogP contribution is 2.29. The number of rotatable bonds is 6. The summed E-state index contributed by atoms with van der Waals surface area (Å²) in [5.74, 6) is -0.629. The molecule has 2 heterocycles. The van der Waals surface area contributed by atoms with E-state index < -0.39 is 23.3 Å². The van der Waals surface area contributed by atoms with Gasteiger partial charge in [-0.05, 0) is 61.7 Å². The Morgan fingerprint density at radius 3 is 2.03 bits per heavy atom. The van der Waals surface area contributed by atoms with E-state index in [1.165, 1.54) is 26.5 Å². The van der Waals surface area contributed by atoms with Gasteiger partial charge in [0, 0.05) is 26.0 Å². The van der Waals surface area contributed by atoms with Gasteiger partial charge < -0.3 is 4.74 Å². The number of carbonyl (C=O) groups is 3. The summed E-state index contributed by atoms with van der Waals surface area (Å²) in [5.41, 5.74) is 0.970. The number of hydrogen-bond acceptors (Lipinski definition) is 6. The van der Waals surface area contributed by atoms with E-state index in [4.69, 9.17) is 4.74 Å². The second-order valence-corrected chi connectivity index (χ2v) is 8.81. The maximum Gasteiger partial charge on any atom is 0.342 e. The van der Waals surface area contributed by atoms with Crippen molar-refractivity contribution in [2.45, 2.75) is 39.2 Å². The van der Waals surface area contributed by atoms with Gasteiger partial charge >= 0.3 is 5.69 Å². The molecule has 1 aromatic heterocycles. The van der Waals surface area contributed by atoms with E-state index in [-0.39, 0.29) is 17.9 Å². The van der Waals surface area contributed by atoms with Gasteiger partial charge in [-0.3, -0.25) is 19.3 Å². The minimum Gasteiger partial charge on any atom is -0.497 e. The smallest absolute Gasteiger partial charge is 0.342 e. The summed E-state index contributed by atoms with van der Waals surface area (Å²) < 4.78 is 6.94. The second-order valence-electron chi connectivity index (χ2n) is 8.81. The number of hydrogen-bond donors (Lipinski definition) is 0. The summed E-state index contributed by atoms with van der Waals surface area (Å²) >= 11 is 0. The van der Waals surface area contributed by atoms with E-state index in [9.17, 15) is 19.2 Å². The standard InChI is InChI=1S/C27H29N3O5/c1-18(31)29-24(17-28-15-13-21(14-16-28)20-7-5-4-6-8-20)25(30(19(2)32)27(29)34)26(33)22-9-11-23(35-3)12-10-22/h4-12,21H,13-17H2,1-3H3. The number of piperidine rings is 1. The lowest BCUT2D eigenvalue weighted by molar-refractivity contribution is 0.0905. The first-order chi connectivity index (χ1) is 16.8. The largest absolute Gasteiger partial charge is 0.497 e. The SMILES string of the molecule is COc1ccc(C(=O)c2c(CN3CCC(c4ccccc4)CC3)n(C(C)=O)c(=O)n2C(C)=O)cc1. The number of imidazole rings is 1. The summed E-state index contributed by atoms with van der Waals surface area (Å²) in [6.45, 7) is 4.18. The predicted molar refractivity (Wildman–Crippen MR) is 131 cm³/mol. The zero-order chi connectivity index (χ0) is 25.1. The second kappa shape index (κ2) is 10.2. The van der Waals surface area contributed by atoms with Crippen molar-refractivity contribution in [1.82, 2.24) is 14.0 Å². The van der Waals surface area contributed by atoms with E-state index in [0.29, 0.717) is 17.2 Å². The zero-order valence-electron chi connectivity index (χ0n) is 20.2. The molecule has 0 spiro atoms. The van der Waals surface area contributed by atoms with Crippen molar-refractivity contribution in [3.05, 3.63) is 87.6 Å². The molecule has 0 radical (unpaired) electrons. The number of ether oxygens (including phenoxy) is 1. The maximum atomic E-state index is 13.6. The van der Waals surface area contributed by atoms with Crippen molar-refractivity contribution in [3.63, 3.8) is 0 Å². The van der Waals surface area contributed by atoms with E-state index in [0.717, 1.165) is 35.1 Å². The molecule has 1 aliphatic heterocycles. The molecule has 3 aromatic rings. The first-order valence-electron chi connectivity index (χ1n) is 11.7. The topological polar surface area (TPSA) is 90.6 Å². The van der Waals surface area contributed by atoms with Crippen LogP contribution in [0.1, 0.15) is 69.5 Å². The van der Waals surface area contributed by atoms with Crippen molar-refractivity contribution in [1.29, 1.82) is 0 Å². The average Bonchev–Trinajstić information content (AvgIpc) is 3.16. The molecular weight excluding hydrogens is 446 g/mol. The molecule has 0 saturated carbocycles. The molecule has 0 unspecified atom stereocenters. The Labute approximate surface area is 203 Å². The molecule has 8 heteroatoms. The Morgan fingerprint density at radius 2 is 1.49 bits per heavy atom. The highest BCUT2D eigenvalue weighted by atomic mass is 16.5. The minimum atomic E-state index is -0.809. The number of aromatic nitrogens is 2. The van der Waals surface area contributed by atoms with E-state index in [1.807, 2.05) is 18.2 Å². The first-order valence-corrected chi connectivity index (χ1v) is 11.7. The van der Waals surface area contributed by atoms with E-state index in [2.05, 4.69) is 17.0 Å². The third-order valence-corrected chi connectivity index (χ3v) is 6.58. The highest BCUT2D eigenvalue weighted by molar-refractivity contribution is 6.10. The molecule has 1 fully saturated rings. The van der Waals surface area contributed by atoms with Crippen LogP contribution in [-0.4, -0.2) is 51.8 Å². The summed E-state index contributed by atoms with van der Waals surface area (Å²) in [5, 5.41) is 0. The van der Waals surface area contributed by atoms with Crippen LogP contribution >= 0.6 is 0 Å². The number of ketones is 1. The fourth-order valence-electron chi connectivity index (χ4n) is 4.78. The molecule has 0 aliphatic carbocycles. The number of methoxy groups -OCH3 is 1. The Kier molecular flexibility index (Phi) is 7.12. The average molecular weight is 476 g/mol. The van der Waals surface area contributed by atoms with Crippen LogP contribution in [0.2, 0.25) is 0 Å². The lowest BCUT2D eigenvalue weighted by Gasteiger charge is -2.32. The Hall–Kier alpha value is -3.78. The van der Waals surface area contributed by atoms with Crippen LogP contribution < -0.4 is 10.4 Å². The minimum absolute atomic E-state index is 0.0620. The molecule has 4 rings (SSSR count). The zero-order valence-corrected chi connectivity index (χ0v) is 20.2. The third-order valence-electron chi connectivity index (χ3n) is 6.58. The number of nitrogens with zero attached hydrogens (tertiary/aromatic N) is 3. The fraction of sp³-hybridized carbons (Fsp3) is 0.333. The van der Waals surface area contributed by atoms with Crippen molar-refractivity contribution in [2.75, 3.05) is 20.2 Å². The van der Waals surface area contributed by atoms with Gasteiger partial charge in [-0.25, -0.2) is 13.9 Å². The first kappa shape index (κ1) is 24.3. The molecule has 182 valence electrons. The van der Waals surface area contributed by atoms with Gasteiger partial charge in [0.2, 0.25) is 17.6 Å². The van der Waals surface area contributed by atoms with Gasteiger partial charge in [-0.1, -0.05) is 30.3 Å². The molecule has 0 N–H and O–H groups in total. The summed E-state index contributed by atoms with van der Waals surface area (Å²) in [6.07, 6.45) is 1.84. The van der Waals surface area contributed by atoms with E-state index >= 15 is 0 Å². The molecule has 8 nitrogen and oxygen atoms in total. The van der Waals surface area contributed by atoms with Crippen LogP contribution in [0.15, 0.2) is 59.4 Å². The van der Waals surface area contributed by atoms with Crippen LogP contribution in [0.5, 0.6) is 5.75 Å². The number of likely N-dealkylation sites (tertiary alicyclic amines) is 1. The number of carbonyl (C=O) groups excluding carboxylic acids is 3. The van der Waals surface area contributed by atoms with Crippen molar-refractivity contribution < 1.29 is 19.1 Å². The van der Waals surface area contributed by atoms with Crippen LogP contribution in [0, 0.1) is 0 Å². The van der Waals surface area contributed by atoms with Gasteiger partial charge in [0.1, 0.15) is 11.4 Å². The van der Waals surface area contributed by atoms with E-state index in [1.54, 1.807) is 24.3 Å². The van der Waals surface area contributed by atoms with Gasteiger partial charge in [0.15, 0.2) is 0 Å². The molecule has 0 atom stereocenters. The molecule has 2 aromatic carbocycles. The van der Waals surface area contributed by atoms with Gasteiger partial charge in [0.05, 0.1) is 12.8 Å². The van der Waals surface area contributed by atoms with Crippen molar-refractivity contribution in [3.8, 4) is 5.75 Å². The van der Waals surface area contributed by atoms with Crippen LogP contribution in [-0.2, 0) is 6.54 Å². The van der Waals surface area contributed by atoms with Gasteiger partial charge in [-0.2, -0.15) is 0 Å². The van der Waals surface area contributed by atoms with Gasteiger partial charge in [0.25, 0.3) is 0 Å². The summed E-state index contributed by atoms with van der Waals surface area (Å²) in [7, 11) is 1.52. The molecule has 1 saturated heterocycles. The Balaban J connectivity index is 1.69. The Bertz CT molecular complexity index is 1300. The van der Waals surface area contributed by atoms with Gasteiger partial charge in [-0.15, -0.1) is 0 Å². The van der Waals surface area contributed by atoms with Crippen molar-refractivity contribution in [2.24, 2.45) is 0 Å². The molecular formula is C27H29N3O5. The normalized spacial score (nSPS) is 14.6.